The molecule has 66 heavy (non-hydrogen) atoms. The molecule has 0 radical (unpaired) electrons. The van der Waals surface area contributed by atoms with Gasteiger partial charge in [-0.1, -0.05) is 298 Å². The van der Waals surface area contributed by atoms with Crippen LogP contribution in [0, 0.1) is 11.8 Å². The molecule has 0 heterocycles. The largest absolute Gasteiger partial charge is 0.462 e. The molecule has 0 N–H and O–H groups in total. The molecule has 0 fully saturated rings. The Morgan fingerprint density at radius 3 is 0.864 bits per heavy atom. The van der Waals surface area contributed by atoms with Crippen LogP contribution >= 0.6 is 0 Å². The van der Waals surface area contributed by atoms with Crippen LogP contribution in [0.15, 0.2) is 0 Å². The van der Waals surface area contributed by atoms with Crippen molar-refractivity contribution in [1.29, 1.82) is 0 Å². The maximum atomic E-state index is 12.8. The van der Waals surface area contributed by atoms with Crippen LogP contribution in [0.1, 0.15) is 336 Å². The van der Waals surface area contributed by atoms with Crippen molar-refractivity contribution in [2.45, 2.75) is 343 Å². The smallest absolute Gasteiger partial charge is 0.306 e. The number of ether oxygens (including phenoxy) is 3. The molecule has 0 saturated carbocycles. The zero-order valence-corrected chi connectivity index (χ0v) is 45.3. The van der Waals surface area contributed by atoms with Gasteiger partial charge in [0.15, 0.2) is 6.10 Å². The summed E-state index contributed by atoms with van der Waals surface area (Å²) in [5, 5.41) is 0. The van der Waals surface area contributed by atoms with E-state index in [-0.39, 0.29) is 31.1 Å². The first-order valence-corrected chi connectivity index (χ1v) is 29.8. The molecule has 0 amide bonds. The van der Waals surface area contributed by atoms with E-state index in [2.05, 4.69) is 34.6 Å². The van der Waals surface area contributed by atoms with E-state index in [0.717, 1.165) is 69.6 Å². The van der Waals surface area contributed by atoms with E-state index in [0.29, 0.717) is 19.3 Å². The van der Waals surface area contributed by atoms with E-state index >= 15 is 0 Å². The summed E-state index contributed by atoms with van der Waals surface area (Å²) in [5.41, 5.74) is 0. The Hall–Kier alpha value is -1.59. The highest BCUT2D eigenvalue weighted by molar-refractivity contribution is 5.71. The van der Waals surface area contributed by atoms with Gasteiger partial charge in [0.05, 0.1) is 0 Å². The Labute approximate surface area is 412 Å². The first-order chi connectivity index (χ1) is 32.3. The Bertz CT molecular complexity index is 1010. The lowest BCUT2D eigenvalue weighted by atomic mass is 10.00. The fourth-order valence-electron chi connectivity index (χ4n) is 9.20. The molecule has 0 aliphatic heterocycles. The number of esters is 3. The van der Waals surface area contributed by atoms with Gasteiger partial charge in [-0.3, -0.25) is 14.4 Å². The number of rotatable bonds is 54. The lowest BCUT2D eigenvalue weighted by Crippen LogP contribution is -2.30. The molecule has 1 unspecified atom stereocenters. The average molecular weight is 934 g/mol. The van der Waals surface area contributed by atoms with Crippen molar-refractivity contribution >= 4 is 17.9 Å². The maximum Gasteiger partial charge on any atom is 0.306 e. The summed E-state index contributed by atoms with van der Waals surface area (Å²) in [6.45, 7) is 11.4. The third kappa shape index (κ3) is 51.8. The molecule has 0 aliphatic carbocycles. The molecule has 0 saturated heterocycles. The van der Waals surface area contributed by atoms with Crippen molar-refractivity contribution in [2.24, 2.45) is 11.8 Å². The van der Waals surface area contributed by atoms with Crippen molar-refractivity contribution in [2.75, 3.05) is 13.2 Å². The fraction of sp³-hybridized carbons (Fsp3) is 0.950. The van der Waals surface area contributed by atoms with Gasteiger partial charge in [0.25, 0.3) is 0 Å². The number of hydrogen-bond acceptors (Lipinski definition) is 6. The monoisotopic (exact) mass is 933 g/mol. The van der Waals surface area contributed by atoms with Crippen LogP contribution in [0.5, 0.6) is 0 Å². The highest BCUT2D eigenvalue weighted by Gasteiger charge is 2.19. The van der Waals surface area contributed by atoms with Crippen LogP contribution in [0.3, 0.4) is 0 Å². The highest BCUT2D eigenvalue weighted by Crippen LogP contribution is 2.19. The highest BCUT2D eigenvalue weighted by atomic mass is 16.6. The number of carbonyl (C=O) groups is 3. The minimum atomic E-state index is -0.763. The van der Waals surface area contributed by atoms with Gasteiger partial charge < -0.3 is 14.2 Å². The lowest BCUT2D eigenvalue weighted by Gasteiger charge is -2.18. The van der Waals surface area contributed by atoms with Crippen molar-refractivity contribution in [3.8, 4) is 0 Å². The van der Waals surface area contributed by atoms with Gasteiger partial charge in [-0.15, -0.1) is 0 Å². The Morgan fingerprint density at radius 2 is 0.576 bits per heavy atom. The van der Waals surface area contributed by atoms with Gasteiger partial charge in [-0.2, -0.15) is 0 Å². The maximum absolute atomic E-state index is 12.8. The zero-order chi connectivity index (χ0) is 48.2. The molecule has 0 aromatic rings. The lowest BCUT2D eigenvalue weighted by molar-refractivity contribution is -0.167. The first kappa shape index (κ1) is 64.4. The predicted octanol–water partition coefficient (Wildman–Crippen LogP) is 19.7. The van der Waals surface area contributed by atoms with E-state index in [1.165, 1.54) is 225 Å². The van der Waals surface area contributed by atoms with E-state index in [1.54, 1.807) is 0 Å². The molecular formula is C60H116O6. The Morgan fingerprint density at radius 1 is 0.318 bits per heavy atom. The van der Waals surface area contributed by atoms with Gasteiger partial charge in [-0.25, -0.2) is 0 Å². The molecule has 0 aromatic heterocycles. The summed E-state index contributed by atoms with van der Waals surface area (Å²) in [5.74, 6) is 0.820. The number of unbranched alkanes of at least 4 members (excludes halogenated alkanes) is 38. The molecule has 0 bridgehead atoms. The van der Waals surface area contributed by atoms with E-state index in [4.69, 9.17) is 14.2 Å². The molecule has 392 valence electrons. The number of carbonyl (C=O) groups excluding carboxylic acids is 3. The standard InChI is InChI=1S/C60H116O6/c1-6-8-9-10-11-12-13-14-15-16-17-18-22-25-28-31-34-40-45-50-58(61)64-53-57(66-60(63)52-47-42-37-36-39-44-49-56(5)7-2)54-65-59(62)51-46-41-35-32-29-26-23-20-19-21-24-27-30-33-38-43-48-55(3)4/h55-57H,6-54H2,1-5H3/t56?,57-/m1/s1. The molecule has 0 spiro atoms. The summed E-state index contributed by atoms with van der Waals surface area (Å²) in [6, 6.07) is 0. The van der Waals surface area contributed by atoms with Gasteiger partial charge >= 0.3 is 17.9 Å². The van der Waals surface area contributed by atoms with Crippen LogP contribution < -0.4 is 0 Å². The second kappa shape index (κ2) is 52.8. The van der Waals surface area contributed by atoms with E-state index in [1.807, 2.05) is 0 Å². The van der Waals surface area contributed by atoms with Gasteiger partial charge in [-0.05, 0) is 31.1 Å². The van der Waals surface area contributed by atoms with E-state index in [9.17, 15) is 14.4 Å². The average Bonchev–Trinajstić information content (AvgIpc) is 3.30. The van der Waals surface area contributed by atoms with E-state index < -0.39 is 6.10 Å². The second-order valence-corrected chi connectivity index (χ2v) is 21.4. The first-order valence-electron chi connectivity index (χ1n) is 29.8. The molecular weight excluding hydrogens is 817 g/mol. The SMILES string of the molecule is CCCCCCCCCCCCCCCCCCCCCC(=O)OC[C@H](COC(=O)CCCCCCCCCCCCCCCCCCC(C)C)OC(=O)CCCCCCCCC(C)CC. The van der Waals surface area contributed by atoms with Gasteiger partial charge in [0, 0.05) is 19.3 Å². The van der Waals surface area contributed by atoms with Crippen LogP contribution in [0.2, 0.25) is 0 Å². The van der Waals surface area contributed by atoms with Crippen molar-refractivity contribution in [3.05, 3.63) is 0 Å². The molecule has 0 aliphatic rings. The fourth-order valence-corrected chi connectivity index (χ4v) is 9.20. The predicted molar refractivity (Wildman–Crippen MR) is 284 cm³/mol. The molecule has 6 heteroatoms. The summed E-state index contributed by atoms with van der Waals surface area (Å²) in [7, 11) is 0. The minimum Gasteiger partial charge on any atom is -0.462 e. The van der Waals surface area contributed by atoms with Crippen LogP contribution in [0.25, 0.3) is 0 Å². The minimum absolute atomic E-state index is 0.0637. The third-order valence-electron chi connectivity index (χ3n) is 14.1. The van der Waals surface area contributed by atoms with Crippen molar-refractivity contribution in [3.63, 3.8) is 0 Å². The molecule has 0 aromatic carbocycles. The molecule has 2 atom stereocenters. The van der Waals surface area contributed by atoms with Crippen LogP contribution in [0.4, 0.5) is 0 Å². The third-order valence-corrected chi connectivity index (χ3v) is 14.1. The van der Waals surface area contributed by atoms with Crippen LogP contribution in [-0.2, 0) is 28.6 Å². The molecule has 6 nitrogen and oxygen atoms in total. The Kier molecular flexibility index (Phi) is 51.5. The van der Waals surface area contributed by atoms with Gasteiger partial charge in [0.2, 0.25) is 0 Å². The summed E-state index contributed by atoms with van der Waals surface area (Å²) >= 11 is 0. The zero-order valence-electron chi connectivity index (χ0n) is 45.3. The summed E-state index contributed by atoms with van der Waals surface area (Å²) < 4.78 is 16.9. The van der Waals surface area contributed by atoms with Crippen molar-refractivity contribution < 1.29 is 28.6 Å². The summed E-state index contributed by atoms with van der Waals surface area (Å²) in [4.78, 5) is 38.1. The van der Waals surface area contributed by atoms with Crippen LogP contribution in [-0.4, -0.2) is 37.2 Å². The summed E-state index contributed by atoms with van der Waals surface area (Å²) in [6.07, 6.45) is 56.8. The van der Waals surface area contributed by atoms with Crippen molar-refractivity contribution in [1.82, 2.24) is 0 Å². The van der Waals surface area contributed by atoms with Gasteiger partial charge in [0.1, 0.15) is 13.2 Å². The second-order valence-electron chi connectivity index (χ2n) is 21.4. The molecule has 0 rings (SSSR count). The normalized spacial score (nSPS) is 12.5. The number of hydrogen-bond donors (Lipinski definition) is 0. The topological polar surface area (TPSA) is 78.9 Å². The Balaban J connectivity index is 4.20. The quantitative estimate of drug-likeness (QED) is 0.0343.